The highest BCUT2D eigenvalue weighted by molar-refractivity contribution is 8.00. The van der Waals surface area contributed by atoms with Crippen molar-refractivity contribution in [1.82, 2.24) is 0 Å². The first-order chi connectivity index (χ1) is 8.38. The molecule has 18 heavy (non-hydrogen) atoms. The van der Waals surface area contributed by atoms with E-state index < -0.39 is 9.84 Å². The van der Waals surface area contributed by atoms with Gasteiger partial charge in [-0.2, -0.15) is 11.8 Å². The molecule has 0 aliphatic heterocycles. The van der Waals surface area contributed by atoms with Crippen LogP contribution in [0.15, 0.2) is 18.2 Å². The Morgan fingerprint density at radius 1 is 1.22 bits per heavy atom. The molecule has 0 aliphatic carbocycles. The summed E-state index contributed by atoms with van der Waals surface area (Å²) in [5.41, 5.74) is 2.31. The van der Waals surface area contributed by atoms with Gasteiger partial charge >= 0.3 is 0 Å². The molecular formula is C13H20O3S2. The minimum atomic E-state index is -2.84. The third kappa shape index (κ3) is 6.31. The summed E-state index contributed by atoms with van der Waals surface area (Å²) < 4.78 is 27.5. The number of thioether (sulfide) groups is 1. The lowest BCUT2D eigenvalue weighted by Crippen LogP contribution is -2.07. The molecule has 1 aromatic rings. The van der Waals surface area contributed by atoms with Crippen LogP contribution < -0.4 is 4.74 Å². The van der Waals surface area contributed by atoms with Gasteiger partial charge < -0.3 is 4.74 Å². The normalized spacial score (nSPS) is 11.5. The lowest BCUT2D eigenvalue weighted by Gasteiger charge is -2.09. The van der Waals surface area contributed by atoms with Crippen LogP contribution in [-0.2, 0) is 9.84 Å². The fourth-order valence-corrected chi connectivity index (χ4v) is 3.47. The molecule has 0 saturated heterocycles. The molecule has 5 heteroatoms. The largest absolute Gasteiger partial charge is 0.492 e. The van der Waals surface area contributed by atoms with Crippen molar-refractivity contribution in [3.05, 3.63) is 29.3 Å². The monoisotopic (exact) mass is 288 g/mol. The van der Waals surface area contributed by atoms with Gasteiger partial charge in [-0.1, -0.05) is 12.1 Å². The molecule has 0 saturated carbocycles. The van der Waals surface area contributed by atoms with Crippen LogP contribution in [0, 0.1) is 13.8 Å². The second kappa shape index (κ2) is 7.04. The molecule has 0 heterocycles. The summed E-state index contributed by atoms with van der Waals surface area (Å²) in [5.74, 6) is 2.60. The van der Waals surface area contributed by atoms with E-state index >= 15 is 0 Å². The van der Waals surface area contributed by atoms with Crippen molar-refractivity contribution < 1.29 is 13.2 Å². The van der Waals surface area contributed by atoms with Crippen molar-refractivity contribution in [1.29, 1.82) is 0 Å². The number of ether oxygens (including phenoxy) is 1. The SMILES string of the molecule is Cc1ccc(C)c(OCCSCCS(C)(=O)=O)c1. The molecule has 1 rings (SSSR count). The average molecular weight is 288 g/mol. The predicted octanol–water partition coefficient (Wildman–Crippen LogP) is 2.46. The third-order valence-corrected chi connectivity index (χ3v) is 4.58. The van der Waals surface area contributed by atoms with Gasteiger partial charge in [0.05, 0.1) is 12.4 Å². The number of hydrogen-bond donors (Lipinski definition) is 0. The Morgan fingerprint density at radius 3 is 2.61 bits per heavy atom. The van der Waals surface area contributed by atoms with Crippen LogP contribution in [0.3, 0.4) is 0 Å². The van der Waals surface area contributed by atoms with Crippen molar-refractivity contribution in [2.75, 3.05) is 30.1 Å². The quantitative estimate of drug-likeness (QED) is 0.723. The van der Waals surface area contributed by atoms with Crippen molar-refractivity contribution in [2.24, 2.45) is 0 Å². The molecule has 0 amide bonds. The fourth-order valence-electron chi connectivity index (χ4n) is 1.39. The van der Waals surface area contributed by atoms with E-state index in [1.54, 1.807) is 11.8 Å². The van der Waals surface area contributed by atoms with Crippen molar-refractivity contribution in [2.45, 2.75) is 13.8 Å². The van der Waals surface area contributed by atoms with Crippen LogP contribution in [0.5, 0.6) is 5.75 Å². The zero-order chi connectivity index (χ0) is 13.6. The van der Waals surface area contributed by atoms with E-state index in [0.29, 0.717) is 12.4 Å². The van der Waals surface area contributed by atoms with Crippen LogP contribution in [0.1, 0.15) is 11.1 Å². The first kappa shape index (κ1) is 15.4. The fraction of sp³-hybridized carbons (Fsp3) is 0.538. The molecule has 1 aromatic carbocycles. The standard InChI is InChI=1S/C13H20O3S2/c1-11-4-5-12(2)13(10-11)16-6-7-17-8-9-18(3,14)15/h4-5,10H,6-9H2,1-3H3. The lowest BCUT2D eigenvalue weighted by molar-refractivity contribution is 0.341. The highest BCUT2D eigenvalue weighted by Gasteiger charge is 2.02. The molecule has 0 radical (unpaired) electrons. The predicted molar refractivity (Wildman–Crippen MR) is 78.4 cm³/mol. The Morgan fingerprint density at radius 2 is 1.94 bits per heavy atom. The van der Waals surface area contributed by atoms with Gasteiger partial charge in [-0.15, -0.1) is 0 Å². The Labute approximate surface area is 114 Å². The van der Waals surface area contributed by atoms with Crippen LogP contribution in [0.4, 0.5) is 0 Å². The average Bonchev–Trinajstić information content (AvgIpc) is 2.26. The molecule has 0 aliphatic rings. The maximum atomic E-state index is 10.9. The second-order valence-corrected chi connectivity index (χ2v) is 7.84. The lowest BCUT2D eigenvalue weighted by atomic mass is 10.1. The van der Waals surface area contributed by atoms with E-state index in [2.05, 4.69) is 6.07 Å². The van der Waals surface area contributed by atoms with Crippen LogP contribution in [0.2, 0.25) is 0 Å². The Bertz CT molecular complexity index is 481. The van der Waals surface area contributed by atoms with Gasteiger partial charge in [-0.25, -0.2) is 8.42 Å². The molecule has 0 spiro atoms. The van der Waals surface area contributed by atoms with E-state index in [0.717, 1.165) is 17.1 Å². The zero-order valence-corrected chi connectivity index (χ0v) is 12.7. The topological polar surface area (TPSA) is 43.4 Å². The highest BCUT2D eigenvalue weighted by Crippen LogP contribution is 2.19. The molecule has 102 valence electrons. The highest BCUT2D eigenvalue weighted by atomic mass is 32.2. The second-order valence-electron chi connectivity index (χ2n) is 4.36. The van der Waals surface area contributed by atoms with Crippen LogP contribution in [0.25, 0.3) is 0 Å². The molecule has 0 fully saturated rings. The van der Waals surface area contributed by atoms with E-state index in [9.17, 15) is 8.42 Å². The Balaban J connectivity index is 2.24. The van der Waals surface area contributed by atoms with Gasteiger partial charge in [-0.05, 0) is 31.0 Å². The number of hydrogen-bond acceptors (Lipinski definition) is 4. The number of sulfone groups is 1. The summed E-state index contributed by atoms with van der Waals surface area (Å²) in [4.78, 5) is 0. The Kier molecular flexibility index (Phi) is 6.02. The van der Waals surface area contributed by atoms with Gasteiger partial charge in [0.2, 0.25) is 0 Å². The van der Waals surface area contributed by atoms with E-state index in [1.165, 1.54) is 11.8 Å². The third-order valence-electron chi connectivity index (χ3n) is 2.43. The molecule has 0 unspecified atom stereocenters. The first-order valence-electron chi connectivity index (χ1n) is 5.84. The summed E-state index contributed by atoms with van der Waals surface area (Å²) in [6, 6.07) is 6.13. The smallest absolute Gasteiger partial charge is 0.148 e. The summed E-state index contributed by atoms with van der Waals surface area (Å²) in [6.45, 7) is 4.66. The van der Waals surface area contributed by atoms with E-state index in [-0.39, 0.29) is 5.75 Å². The van der Waals surface area contributed by atoms with Gasteiger partial charge in [0, 0.05) is 17.8 Å². The minimum absolute atomic E-state index is 0.237. The summed E-state index contributed by atoms with van der Waals surface area (Å²) in [7, 11) is -2.84. The number of aryl methyl sites for hydroxylation is 2. The molecule has 0 N–H and O–H groups in total. The number of benzene rings is 1. The Hall–Kier alpha value is -0.680. The molecular weight excluding hydrogens is 268 g/mol. The molecule has 0 aromatic heterocycles. The maximum absolute atomic E-state index is 10.9. The van der Waals surface area contributed by atoms with Crippen molar-refractivity contribution in [3.8, 4) is 5.75 Å². The van der Waals surface area contributed by atoms with Crippen LogP contribution in [-0.4, -0.2) is 38.5 Å². The van der Waals surface area contributed by atoms with E-state index in [4.69, 9.17) is 4.74 Å². The van der Waals surface area contributed by atoms with Crippen molar-refractivity contribution >= 4 is 21.6 Å². The summed E-state index contributed by atoms with van der Waals surface area (Å²) >= 11 is 1.61. The van der Waals surface area contributed by atoms with Gasteiger partial charge in [0.1, 0.15) is 15.6 Å². The zero-order valence-electron chi connectivity index (χ0n) is 11.1. The van der Waals surface area contributed by atoms with E-state index in [1.807, 2.05) is 26.0 Å². The minimum Gasteiger partial charge on any atom is -0.492 e. The molecule has 0 bridgehead atoms. The summed E-state index contributed by atoms with van der Waals surface area (Å²) in [5, 5.41) is 0. The number of rotatable bonds is 7. The van der Waals surface area contributed by atoms with Gasteiger partial charge in [-0.3, -0.25) is 0 Å². The van der Waals surface area contributed by atoms with Gasteiger partial charge in [0.15, 0.2) is 0 Å². The van der Waals surface area contributed by atoms with Crippen molar-refractivity contribution in [3.63, 3.8) is 0 Å². The van der Waals surface area contributed by atoms with Gasteiger partial charge in [0.25, 0.3) is 0 Å². The summed E-state index contributed by atoms with van der Waals surface area (Å²) in [6.07, 6.45) is 1.26. The molecule has 3 nitrogen and oxygen atoms in total. The first-order valence-corrected chi connectivity index (χ1v) is 9.05. The van der Waals surface area contributed by atoms with Crippen LogP contribution >= 0.6 is 11.8 Å². The maximum Gasteiger partial charge on any atom is 0.148 e. The molecule has 0 atom stereocenters.